The van der Waals surface area contributed by atoms with Crippen LogP contribution in [0.3, 0.4) is 0 Å². The first-order chi connectivity index (χ1) is 8.49. The van der Waals surface area contributed by atoms with Crippen molar-refractivity contribution in [3.8, 4) is 0 Å². The fourth-order valence-corrected chi connectivity index (χ4v) is 1.80. The van der Waals surface area contributed by atoms with Crippen LogP contribution in [0.15, 0.2) is 12.1 Å². The monoisotopic (exact) mass is 258 g/mol. The number of nitrogen functional groups attached to an aromatic ring is 1. The molecule has 0 aliphatic heterocycles. The summed E-state index contributed by atoms with van der Waals surface area (Å²) in [6.07, 6.45) is 1.48. The van der Waals surface area contributed by atoms with E-state index in [2.05, 4.69) is 5.32 Å². The molecule has 1 aromatic carbocycles. The van der Waals surface area contributed by atoms with E-state index in [1.165, 1.54) is 6.07 Å². The van der Waals surface area contributed by atoms with Gasteiger partial charge in [0, 0.05) is 12.0 Å². The third kappa shape index (κ3) is 2.90. The van der Waals surface area contributed by atoms with Crippen molar-refractivity contribution in [1.29, 1.82) is 0 Å². The van der Waals surface area contributed by atoms with Crippen LogP contribution in [0, 0.1) is 17.0 Å². The highest BCUT2D eigenvalue weighted by Gasteiger charge is 2.26. The SMILES string of the molecule is CCC(CC)(CO)CNc1c(N)ccc(F)c1F. The van der Waals surface area contributed by atoms with Crippen LogP contribution >= 0.6 is 0 Å². The molecule has 0 atom stereocenters. The molecule has 102 valence electrons. The summed E-state index contributed by atoms with van der Waals surface area (Å²) in [7, 11) is 0. The third-order valence-electron chi connectivity index (χ3n) is 3.60. The number of aliphatic hydroxyl groups is 1. The average molecular weight is 258 g/mol. The largest absolute Gasteiger partial charge is 0.397 e. The van der Waals surface area contributed by atoms with Crippen molar-refractivity contribution in [3.05, 3.63) is 23.8 Å². The van der Waals surface area contributed by atoms with Gasteiger partial charge in [-0.1, -0.05) is 13.8 Å². The summed E-state index contributed by atoms with van der Waals surface area (Å²) >= 11 is 0. The van der Waals surface area contributed by atoms with E-state index in [4.69, 9.17) is 5.73 Å². The van der Waals surface area contributed by atoms with Crippen molar-refractivity contribution in [2.75, 3.05) is 24.2 Å². The first kappa shape index (κ1) is 14.7. The number of hydrogen-bond acceptors (Lipinski definition) is 3. The Balaban J connectivity index is 2.89. The molecule has 0 heterocycles. The quantitative estimate of drug-likeness (QED) is 0.688. The Bertz CT molecular complexity index is 398. The van der Waals surface area contributed by atoms with Crippen LogP contribution in [0.25, 0.3) is 0 Å². The number of benzene rings is 1. The molecule has 3 nitrogen and oxygen atoms in total. The fraction of sp³-hybridized carbons (Fsp3) is 0.538. The van der Waals surface area contributed by atoms with Crippen LogP contribution in [0.1, 0.15) is 26.7 Å². The van der Waals surface area contributed by atoms with E-state index in [9.17, 15) is 13.9 Å². The Morgan fingerprint density at radius 2 is 1.89 bits per heavy atom. The Kier molecular flexibility index (Phi) is 4.90. The maximum atomic E-state index is 13.6. The predicted octanol–water partition coefficient (Wildman–Crippen LogP) is 2.76. The van der Waals surface area contributed by atoms with E-state index in [1.54, 1.807) is 0 Å². The molecular formula is C13H20F2N2O. The van der Waals surface area contributed by atoms with Crippen LogP contribution in [0.2, 0.25) is 0 Å². The summed E-state index contributed by atoms with van der Waals surface area (Å²) < 4.78 is 26.7. The lowest BCUT2D eigenvalue weighted by molar-refractivity contribution is 0.127. The van der Waals surface area contributed by atoms with Gasteiger partial charge in [0.2, 0.25) is 0 Å². The molecule has 0 bridgehead atoms. The first-order valence-electron chi connectivity index (χ1n) is 6.08. The Morgan fingerprint density at radius 3 is 2.39 bits per heavy atom. The molecule has 18 heavy (non-hydrogen) atoms. The Hall–Kier alpha value is -1.36. The summed E-state index contributed by atoms with van der Waals surface area (Å²) in [6.45, 7) is 4.24. The number of hydrogen-bond donors (Lipinski definition) is 3. The number of halogens is 2. The lowest BCUT2D eigenvalue weighted by Gasteiger charge is -2.30. The Labute approximate surface area is 106 Å². The maximum Gasteiger partial charge on any atom is 0.183 e. The topological polar surface area (TPSA) is 58.3 Å². The standard InChI is InChI=1S/C13H20F2N2O/c1-3-13(4-2,8-18)7-17-12-10(16)6-5-9(14)11(12)15/h5-6,17-18H,3-4,7-8,16H2,1-2H3. The predicted molar refractivity (Wildman–Crippen MR) is 69.4 cm³/mol. The van der Waals surface area contributed by atoms with E-state index >= 15 is 0 Å². The molecule has 0 saturated carbocycles. The maximum absolute atomic E-state index is 13.6. The molecule has 0 radical (unpaired) electrons. The fourth-order valence-electron chi connectivity index (χ4n) is 1.80. The zero-order valence-electron chi connectivity index (χ0n) is 10.8. The van der Waals surface area contributed by atoms with E-state index in [-0.39, 0.29) is 23.4 Å². The molecule has 1 rings (SSSR count). The number of anilines is 2. The Morgan fingerprint density at radius 1 is 1.28 bits per heavy atom. The lowest BCUT2D eigenvalue weighted by atomic mass is 9.83. The van der Waals surface area contributed by atoms with Crippen LogP contribution in [0.5, 0.6) is 0 Å². The summed E-state index contributed by atoms with van der Waals surface area (Å²) in [5.74, 6) is -1.91. The summed E-state index contributed by atoms with van der Waals surface area (Å²) in [4.78, 5) is 0. The van der Waals surface area contributed by atoms with Gasteiger partial charge in [0.05, 0.1) is 18.0 Å². The summed E-state index contributed by atoms with van der Waals surface area (Å²) in [5, 5.41) is 12.2. The number of rotatable bonds is 6. The smallest absolute Gasteiger partial charge is 0.183 e. The van der Waals surface area contributed by atoms with Gasteiger partial charge in [-0.2, -0.15) is 0 Å². The minimum absolute atomic E-state index is 0.0101. The number of aliphatic hydroxyl groups excluding tert-OH is 1. The molecular weight excluding hydrogens is 238 g/mol. The van der Waals surface area contributed by atoms with Gasteiger partial charge in [0.25, 0.3) is 0 Å². The molecule has 0 amide bonds. The average Bonchev–Trinajstić information content (AvgIpc) is 2.39. The van der Waals surface area contributed by atoms with Crippen molar-refractivity contribution in [2.45, 2.75) is 26.7 Å². The van der Waals surface area contributed by atoms with Gasteiger partial charge in [0.1, 0.15) is 0 Å². The summed E-state index contributed by atoms with van der Waals surface area (Å²) in [5.41, 5.74) is 5.40. The zero-order valence-corrected chi connectivity index (χ0v) is 10.8. The van der Waals surface area contributed by atoms with Crippen LogP contribution in [-0.2, 0) is 0 Å². The number of nitrogens with two attached hydrogens (primary N) is 1. The van der Waals surface area contributed by atoms with E-state index in [0.29, 0.717) is 6.54 Å². The van der Waals surface area contributed by atoms with Crippen molar-refractivity contribution >= 4 is 11.4 Å². The minimum atomic E-state index is -0.978. The lowest BCUT2D eigenvalue weighted by Crippen LogP contribution is -2.32. The van der Waals surface area contributed by atoms with Crippen molar-refractivity contribution in [1.82, 2.24) is 0 Å². The minimum Gasteiger partial charge on any atom is -0.397 e. The molecule has 0 aliphatic rings. The molecule has 5 heteroatoms. The molecule has 0 spiro atoms. The second kappa shape index (κ2) is 6.00. The highest BCUT2D eigenvalue weighted by molar-refractivity contribution is 5.66. The van der Waals surface area contributed by atoms with Crippen molar-refractivity contribution in [2.24, 2.45) is 5.41 Å². The van der Waals surface area contributed by atoms with Crippen molar-refractivity contribution < 1.29 is 13.9 Å². The highest BCUT2D eigenvalue weighted by atomic mass is 19.2. The second-order valence-corrected chi connectivity index (χ2v) is 4.54. The van der Waals surface area contributed by atoms with E-state index in [0.717, 1.165) is 18.9 Å². The van der Waals surface area contributed by atoms with Gasteiger partial charge in [-0.05, 0) is 25.0 Å². The van der Waals surface area contributed by atoms with Crippen molar-refractivity contribution in [3.63, 3.8) is 0 Å². The number of nitrogens with one attached hydrogen (secondary N) is 1. The van der Waals surface area contributed by atoms with Gasteiger partial charge in [-0.15, -0.1) is 0 Å². The van der Waals surface area contributed by atoms with Crippen LogP contribution in [-0.4, -0.2) is 18.3 Å². The molecule has 0 fully saturated rings. The van der Waals surface area contributed by atoms with Gasteiger partial charge in [-0.3, -0.25) is 0 Å². The summed E-state index contributed by atoms with van der Waals surface area (Å²) in [6, 6.07) is 2.31. The highest BCUT2D eigenvalue weighted by Crippen LogP contribution is 2.29. The van der Waals surface area contributed by atoms with Gasteiger partial charge in [-0.25, -0.2) is 8.78 Å². The molecule has 0 unspecified atom stereocenters. The second-order valence-electron chi connectivity index (χ2n) is 4.54. The van der Waals surface area contributed by atoms with Gasteiger partial charge < -0.3 is 16.2 Å². The van der Waals surface area contributed by atoms with Gasteiger partial charge in [0.15, 0.2) is 11.6 Å². The van der Waals surface area contributed by atoms with E-state index in [1.807, 2.05) is 13.8 Å². The third-order valence-corrected chi connectivity index (χ3v) is 3.60. The first-order valence-corrected chi connectivity index (χ1v) is 6.08. The normalized spacial score (nSPS) is 11.6. The van der Waals surface area contributed by atoms with E-state index < -0.39 is 11.6 Å². The molecule has 0 saturated heterocycles. The van der Waals surface area contributed by atoms with Crippen LogP contribution < -0.4 is 11.1 Å². The van der Waals surface area contributed by atoms with Crippen LogP contribution in [0.4, 0.5) is 20.2 Å². The zero-order chi connectivity index (χ0) is 13.8. The van der Waals surface area contributed by atoms with Gasteiger partial charge >= 0.3 is 0 Å². The molecule has 1 aromatic rings. The molecule has 0 aliphatic carbocycles. The molecule has 0 aromatic heterocycles. The molecule has 4 N–H and O–H groups in total.